The molecule has 1 N–H and O–H groups in total. The smallest absolute Gasteiger partial charge is 0.271 e. The number of aryl methyl sites for hydroxylation is 1. The van der Waals surface area contributed by atoms with E-state index in [2.05, 4.69) is 14.7 Å². The van der Waals surface area contributed by atoms with Crippen molar-refractivity contribution >= 4 is 50.2 Å². The zero-order valence-electron chi connectivity index (χ0n) is 12.3. The van der Waals surface area contributed by atoms with Crippen molar-refractivity contribution in [2.75, 3.05) is 4.72 Å². The summed E-state index contributed by atoms with van der Waals surface area (Å²) in [5.41, 5.74) is 1.91. The van der Waals surface area contributed by atoms with E-state index in [4.69, 9.17) is 23.2 Å². The lowest BCUT2D eigenvalue weighted by Gasteiger charge is -2.08. The van der Waals surface area contributed by atoms with Gasteiger partial charge < -0.3 is 0 Å². The van der Waals surface area contributed by atoms with Crippen LogP contribution in [0.1, 0.15) is 5.82 Å². The van der Waals surface area contributed by atoms with Crippen molar-refractivity contribution in [2.24, 2.45) is 0 Å². The molecule has 0 fully saturated rings. The molecule has 0 aliphatic rings. The zero-order valence-corrected chi connectivity index (χ0v) is 15.5. The minimum absolute atomic E-state index is 0.0563. The molecule has 0 atom stereocenters. The summed E-state index contributed by atoms with van der Waals surface area (Å²) in [7, 11) is -3.76. The van der Waals surface area contributed by atoms with E-state index in [0.29, 0.717) is 17.2 Å². The minimum atomic E-state index is -3.76. The molecule has 0 radical (unpaired) electrons. The monoisotopic (exact) mass is 399 g/mol. The predicted molar refractivity (Wildman–Crippen MR) is 97.4 cm³/mol. The van der Waals surface area contributed by atoms with Crippen LogP contribution in [0, 0.1) is 6.92 Å². The van der Waals surface area contributed by atoms with Crippen LogP contribution in [0.25, 0.3) is 11.3 Å². The number of anilines is 1. The highest BCUT2D eigenvalue weighted by Crippen LogP contribution is 2.35. The van der Waals surface area contributed by atoms with E-state index in [9.17, 15) is 8.42 Å². The van der Waals surface area contributed by atoms with Gasteiger partial charge in [-0.05, 0) is 31.2 Å². The van der Waals surface area contributed by atoms with Crippen molar-refractivity contribution in [1.82, 2.24) is 9.97 Å². The molecule has 3 rings (SSSR count). The summed E-state index contributed by atoms with van der Waals surface area (Å²) < 4.78 is 27.7. The van der Waals surface area contributed by atoms with Gasteiger partial charge in [-0.15, -0.1) is 11.3 Å². The van der Waals surface area contributed by atoms with Crippen LogP contribution in [0.3, 0.4) is 0 Å². The number of hydrogen-bond acceptors (Lipinski definition) is 5. The molecule has 124 valence electrons. The maximum absolute atomic E-state index is 12.4. The van der Waals surface area contributed by atoms with E-state index in [1.165, 1.54) is 6.07 Å². The van der Waals surface area contributed by atoms with Crippen molar-refractivity contribution < 1.29 is 8.42 Å². The molecule has 0 bridgehead atoms. The van der Waals surface area contributed by atoms with Crippen LogP contribution in [0.4, 0.5) is 5.69 Å². The Labute approximate surface area is 153 Å². The largest absolute Gasteiger partial charge is 0.279 e. The van der Waals surface area contributed by atoms with Crippen LogP contribution < -0.4 is 4.72 Å². The van der Waals surface area contributed by atoms with Crippen LogP contribution in [-0.4, -0.2) is 18.4 Å². The normalized spacial score (nSPS) is 11.5. The second-order valence-electron chi connectivity index (χ2n) is 4.86. The molecular weight excluding hydrogens is 389 g/mol. The van der Waals surface area contributed by atoms with E-state index in [1.54, 1.807) is 37.4 Å². The molecule has 0 amide bonds. The summed E-state index contributed by atoms with van der Waals surface area (Å²) in [5, 5.41) is 0.215. The molecule has 0 spiro atoms. The maximum Gasteiger partial charge on any atom is 0.271 e. The molecule has 3 aromatic rings. The summed E-state index contributed by atoms with van der Waals surface area (Å²) in [6.45, 7) is 1.79. The molecular formula is C15H11Cl2N3O2S2. The summed E-state index contributed by atoms with van der Waals surface area (Å²) in [6, 6.07) is 10.0. The topological polar surface area (TPSA) is 72.0 Å². The van der Waals surface area contributed by atoms with Crippen LogP contribution in [0.5, 0.6) is 0 Å². The number of benzene rings is 1. The van der Waals surface area contributed by atoms with E-state index in [0.717, 1.165) is 16.9 Å². The highest BCUT2D eigenvalue weighted by molar-refractivity contribution is 7.94. The molecule has 2 aromatic heterocycles. The van der Waals surface area contributed by atoms with E-state index < -0.39 is 10.0 Å². The van der Waals surface area contributed by atoms with Gasteiger partial charge in [0, 0.05) is 17.4 Å². The summed E-state index contributed by atoms with van der Waals surface area (Å²) in [5.74, 6) is 0.640. The first kappa shape index (κ1) is 17.2. The number of hydrogen-bond donors (Lipinski definition) is 1. The molecule has 24 heavy (non-hydrogen) atoms. The van der Waals surface area contributed by atoms with Crippen LogP contribution in [0.2, 0.25) is 9.36 Å². The van der Waals surface area contributed by atoms with Gasteiger partial charge >= 0.3 is 0 Å². The minimum Gasteiger partial charge on any atom is -0.279 e. The molecule has 0 aliphatic carbocycles. The third kappa shape index (κ3) is 3.70. The lowest BCUT2D eigenvalue weighted by molar-refractivity contribution is 0.603. The maximum atomic E-state index is 12.4. The second-order valence-corrected chi connectivity index (χ2v) is 8.83. The van der Waals surface area contributed by atoms with Gasteiger partial charge in [0.1, 0.15) is 14.4 Å². The van der Waals surface area contributed by atoms with Crippen LogP contribution >= 0.6 is 34.5 Å². The van der Waals surface area contributed by atoms with Crippen molar-refractivity contribution in [3.05, 3.63) is 57.8 Å². The Balaban J connectivity index is 1.92. The molecule has 5 nitrogen and oxygen atoms in total. The molecule has 0 saturated heterocycles. The highest BCUT2D eigenvalue weighted by atomic mass is 35.5. The molecule has 0 aliphatic heterocycles. The first-order chi connectivity index (χ1) is 11.3. The Bertz CT molecular complexity index is 984. The van der Waals surface area contributed by atoms with Crippen LogP contribution in [-0.2, 0) is 10.0 Å². The standard InChI is InChI=1S/C15H11Cl2N3O2S2/c1-9-18-6-5-13(19-9)10-3-2-4-11(7-10)20-24(21,22)14-8-12(16)15(17)23-14/h2-8,20H,1H3. The van der Waals surface area contributed by atoms with Gasteiger partial charge in [-0.25, -0.2) is 18.4 Å². The predicted octanol–water partition coefficient (Wildman–Crippen LogP) is 4.62. The number of sulfonamides is 1. The van der Waals surface area contributed by atoms with Crippen molar-refractivity contribution in [2.45, 2.75) is 11.1 Å². The number of aromatic nitrogens is 2. The summed E-state index contributed by atoms with van der Waals surface area (Å²) in [4.78, 5) is 8.38. The molecule has 1 aromatic carbocycles. The average Bonchev–Trinajstić information content (AvgIpc) is 2.87. The lowest BCUT2D eigenvalue weighted by Crippen LogP contribution is -2.11. The SMILES string of the molecule is Cc1nccc(-c2cccc(NS(=O)(=O)c3cc(Cl)c(Cl)s3)c2)n1. The fourth-order valence-electron chi connectivity index (χ4n) is 2.02. The Kier molecular flexibility index (Phi) is 4.78. The van der Waals surface area contributed by atoms with Gasteiger partial charge in [0.2, 0.25) is 0 Å². The Morgan fingerprint density at radius 3 is 2.62 bits per heavy atom. The average molecular weight is 400 g/mol. The fourth-order valence-corrected chi connectivity index (χ4v) is 4.95. The van der Waals surface area contributed by atoms with E-state index in [1.807, 2.05) is 6.07 Å². The number of halogens is 2. The fraction of sp³-hybridized carbons (Fsp3) is 0.0667. The van der Waals surface area contributed by atoms with E-state index in [-0.39, 0.29) is 13.6 Å². The molecule has 0 saturated carbocycles. The highest BCUT2D eigenvalue weighted by Gasteiger charge is 2.19. The molecule has 9 heteroatoms. The quantitative estimate of drug-likeness (QED) is 0.694. The van der Waals surface area contributed by atoms with Crippen molar-refractivity contribution in [3.8, 4) is 11.3 Å². The van der Waals surface area contributed by atoms with E-state index >= 15 is 0 Å². The lowest BCUT2D eigenvalue weighted by atomic mass is 10.1. The zero-order chi connectivity index (χ0) is 17.3. The number of rotatable bonds is 4. The molecule has 2 heterocycles. The Hall–Kier alpha value is -1.67. The molecule has 0 unspecified atom stereocenters. The summed E-state index contributed by atoms with van der Waals surface area (Å²) in [6.07, 6.45) is 1.66. The first-order valence-corrected chi connectivity index (χ1v) is 9.78. The van der Waals surface area contributed by atoms with Gasteiger partial charge in [-0.3, -0.25) is 4.72 Å². The second kappa shape index (κ2) is 6.68. The third-order valence-electron chi connectivity index (χ3n) is 3.07. The Morgan fingerprint density at radius 1 is 1.17 bits per heavy atom. The number of thiophene rings is 1. The van der Waals surface area contributed by atoms with Crippen molar-refractivity contribution in [1.29, 1.82) is 0 Å². The van der Waals surface area contributed by atoms with Crippen LogP contribution in [0.15, 0.2) is 46.8 Å². The number of nitrogens with zero attached hydrogens (tertiary/aromatic N) is 2. The van der Waals surface area contributed by atoms with Gasteiger partial charge in [0.05, 0.1) is 10.7 Å². The van der Waals surface area contributed by atoms with Gasteiger partial charge in [-0.1, -0.05) is 35.3 Å². The van der Waals surface area contributed by atoms with Gasteiger partial charge in [0.25, 0.3) is 10.0 Å². The van der Waals surface area contributed by atoms with Gasteiger partial charge in [0.15, 0.2) is 0 Å². The third-order valence-corrected chi connectivity index (χ3v) is 6.79. The first-order valence-electron chi connectivity index (χ1n) is 6.73. The van der Waals surface area contributed by atoms with Crippen molar-refractivity contribution in [3.63, 3.8) is 0 Å². The van der Waals surface area contributed by atoms with Gasteiger partial charge in [-0.2, -0.15) is 0 Å². The summed E-state index contributed by atoms with van der Waals surface area (Å²) >= 11 is 12.6. The number of nitrogens with one attached hydrogen (secondary N) is 1. The Morgan fingerprint density at radius 2 is 1.96 bits per heavy atom.